The number of hydrogen-bond donors (Lipinski definition) is 1. The smallest absolute Gasteiger partial charge is 0.270 e. The highest BCUT2D eigenvalue weighted by Gasteiger charge is 2.14. The summed E-state index contributed by atoms with van der Waals surface area (Å²) in [7, 11) is 1.58. The average Bonchev–Trinajstić information content (AvgIpc) is 2.47. The van der Waals surface area contributed by atoms with Gasteiger partial charge in [0.1, 0.15) is 11.4 Å². The Kier molecular flexibility index (Phi) is 4.90. The third-order valence-corrected chi connectivity index (χ3v) is 3.59. The SMILES string of the molecule is COc1ccc(C(C)NC(=O)c2cccc(F)n2)cc1Br. The van der Waals surface area contributed by atoms with E-state index >= 15 is 0 Å². The van der Waals surface area contributed by atoms with Crippen LogP contribution in [0.5, 0.6) is 5.75 Å². The molecule has 1 amide bonds. The zero-order chi connectivity index (χ0) is 15.4. The Labute approximate surface area is 130 Å². The van der Waals surface area contributed by atoms with Crippen molar-refractivity contribution in [2.24, 2.45) is 0 Å². The van der Waals surface area contributed by atoms with Gasteiger partial charge < -0.3 is 10.1 Å². The summed E-state index contributed by atoms with van der Waals surface area (Å²) in [6.07, 6.45) is 0. The first-order valence-corrected chi connectivity index (χ1v) is 7.07. The lowest BCUT2D eigenvalue weighted by Crippen LogP contribution is -2.27. The van der Waals surface area contributed by atoms with E-state index in [9.17, 15) is 9.18 Å². The van der Waals surface area contributed by atoms with E-state index in [0.29, 0.717) is 5.75 Å². The number of halogens is 2. The Morgan fingerprint density at radius 2 is 2.14 bits per heavy atom. The van der Waals surface area contributed by atoms with Crippen molar-refractivity contribution in [3.63, 3.8) is 0 Å². The van der Waals surface area contributed by atoms with E-state index in [-0.39, 0.29) is 11.7 Å². The van der Waals surface area contributed by atoms with Gasteiger partial charge in [-0.2, -0.15) is 4.39 Å². The second-order valence-corrected chi connectivity index (χ2v) is 5.29. The Morgan fingerprint density at radius 3 is 2.76 bits per heavy atom. The zero-order valence-electron chi connectivity index (χ0n) is 11.6. The van der Waals surface area contributed by atoms with Crippen LogP contribution in [0.1, 0.15) is 29.0 Å². The number of carbonyl (C=O) groups is 1. The summed E-state index contributed by atoms with van der Waals surface area (Å²) in [5.41, 5.74) is 0.946. The van der Waals surface area contributed by atoms with Crippen molar-refractivity contribution in [3.05, 3.63) is 58.1 Å². The molecule has 21 heavy (non-hydrogen) atoms. The van der Waals surface area contributed by atoms with Crippen LogP contribution in [0.3, 0.4) is 0 Å². The van der Waals surface area contributed by atoms with Crippen LogP contribution in [0.2, 0.25) is 0 Å². The number of carbonyl (C=O) groups excluding carboxylic acids is 1. The number of hydrogen-bond acceptors (Lipinski definition) is 3. The van der Waals surface area contributed by atoms with E-state index in [1.165, 1.54) is 18.2 Å². The van der Waals surface area contributed by atoms with Crippen molar-refractivity contribution >= 4 is 21.8 Å². The van der Waals surface area contributed by atoms with Crippen molar-refractivity contribution in [2.75, 3.05) is 7.11 Å². The van der Waals surface area contributed by atoms with Crippen molar-refractivity contribution < 1.29 is 13.9 Å². The summed E-state index contributed by atoms with van der Waals surface area (Å²) < 4.78 is 19.0. The number of nitrogens with one attached hydrogen (secondary N) is 1. The number of ether oxygens (including phenoxy) is 1. The summed E-state index contributed by atoms with van der Waals surface area (Å²) in [5.74, 6) is -0.388. The molecule has 4 nitrogen and oxygen atoms in total. The molecule has 0 saturated heterocycles. The summed E-state index contributed by atoms with van der Waals surface area (Å²) in [4.78, 5) is 15.6. The molecule has 0 bridgehead atoms. The standard InChI is InChI=1S/C15H14BrFN2O2/c1-9(10-6-7-13(21-2)11(16)8-10)18-15(20)12-4-3-5-14(17)19-12/h3-9H,1-2H3,(H,18,20). The monoisotopic (exact) mass is 352 g/mol. The molecule has 2 aromatic rings. The van der Waals surface area contributed by atoms with Crippen LogP contribution in [0.4, 0.5) is 4.39 Å². The molecule has 110 valence electrons. The zero-order valence-corrected chi connectivity index (χ0v) is 13.1. The minimum atomic E-state index is -0.678. The van der Waals surface area contributed by atoms with Gasteiger partial charge in [-0.1, -0.05) is 12.1 Å². The first-order chi connectivity index (χ1) is 10.0. The van der Waals surface area contributed by atoms with Crippen molar-refractivity contribution in [2.45, 2.75) is 13.0 Å². The van der Waals surface area contributed by atoms with Crippen LogP contribution < -0.4 is 10.1 Å². The molecule has 0 radical (unpaired) electrons. The number of methoxy groups -OCH3 is 1. The minimum absolute atomic E-state index is 0.0504. The van der Waals surface area contributed by atoms with E-state index in [1.807, 2.05) is 25.1 Å². The fourth-order valence-corrected chi connectivity index (χ4v) is 2.40. The summed E-state index contributed by atoms with van der Waals surface area (Å²) in [6, 6.07) is 9.39. The number of pyridine rings is 1. The molecule has 6 heteroatoms. The van der Waals surface area contributed by atoms with Crippen LogP contribution in [0, 0.1) is 5.95 Å². The average molecular weight is 353 g/mol. The van der Waals surface area contributed by atoms with Crippen molar-refractivity contribution in [3.8, 4) is 5.75 Å². The first kappa shape index (κ1) is 15.4. The molecule has 0 aliphatic rings. The molecule has 0 fully saturated rings. The number of amides is 1. The van der Waals surface area contributed by atoms with Crippen LogP contribution in [-0.4, -0.2) is 18.0 Å². The molecule has 1 atom stereocenters. The molecule has 0 aliphatic heterocycles. The van der Waals surface area contributed by atoms with E-state index in [4.69, 9.17) is 4.74 Å². The fourth-order valence-electron chi connectivity index (χ4n) is 1.84. The molecule has 2 rings (SSSR count). The summed E-state index contributed by atoms with van der Waals surface area (Å²) >= 11 is 3.40. The van der Waals surface area contributed by atoms with Gasteiger partial charge in [0.05, 0.1) is 17.6 Å². The molecule has 1 N–H and O–H groups in total. The van der Waals surface area contributed by atoms with Crippen LogP contribution >= 0.6 is 15.9 Å². The van der Waals surface area contributed by atoms with E-state index in [2.05, 4.69) is 26.2 Å². The predicted molar refractivity (Wildman–Crippen MR) is 80.8 cm³/mol. The first-order valence-electron chi connectivity index (χ1n) is 6.28. The lowest BCUT2D eigenvalue weighted by molar-refractivity contribution is 0.0933. The number of benzene rings is 1. The van der Waals surface area contributed by atoms with Crippen LogP contribution in [-0.2, 0) is 0 Å². The Bertz CT molecular complexity index is 664. The highest BCUT2D eigenvalue weighted by Crippen LogP contribution is 2.28. The minimum Gasteiger partial charge on any atom is -0.496 e. The Balaban J connectivity index is 2.12. The van der Waals surface area contributed by atoms with Gasteiger partial charge in [0.25, 0.3) is 5.91 Å². The van der Waals surface area contributed by atoms with E-state index in [1.54, 1.807) is 7.11 Å². The third kappa shape index (κ3) is 3.78. The molecule has 1 aromatic heterocycles. The largest absolute Gasteiger partial charge is 0.496 e. The number of nitrogens with zero attached hydrogens (tertiary/aromatic N) is 1. The second kappa shape index (κ2) is 6.67. The van der Waals surface area contributed by atoms with Gasteiger partial charge >= 0.3 is 0 Å². The maximum Gasteiger partial charge on any atom is 0.270 e. The number of rotatable bonds is 4. The molecule has 0 aliphatic carbocycles. The summed E-state index contributed by atoms with van der Waals surface area (Å²) in [5, 5.41) is 2.77. The molecule has 0 saturated carbocycles. The lowest BCUT2D eigenvalue weighted by atomic mass is 10.1. The van der Waals surface area contributed by atoms with Gasteiger partial charge in [0.15, 0.2) is 0 Å². The fraction of sp³-hybridized carbons (Fsp3) is 0.200. The topological polar surface area (TPSA) is 51.2 Å². The molecular formula is C15H14BrFN2O2. The highest BCUT2D eigenvalue weighted by atomic mass is 79.9. The molecule has 0 spiro atoms. The predicted octanol–water partition coefficient (Wildman–Crippen LogP) is 3.48. The van der Waals surface area contributed by atoms with Crippen LogP contribution in [0.25, 0.3) is 0 Å². The van der Waals surface area contributed by atoms with Gasteiger partial charge in [-0.3, -0.25) is 4.79 Å². The number of aromatic nitrogens is 1. The van der Waals surface area contributed by atoms with Gasteiger partial charge in [-0.15, -0.1) is 0 Å². The van der Waals surface area contributed by atoms with Gasteiger partial charge in [-0.25, -0.2) is 4.98 Å². The quantitative estimate of drug-likeness (QED) is 0.857. The third-order valence-electron chi connectivity index (χ3n) is 2.97. The lowest BCUT2D eigenvalue weighted by Gasteiger charge is -2.15. The van der Waals surface area contributed by atoms with Gasteiger partial charge in [0.2, 0.25) is 5.95 Å². The molecule has 1 heterocycles. The Morgan fingerprint density at radius 1 is 1.38 bits per heavy atom. The second-order valence-electron chi connectivity index (χ2n) is 4.43. The maximum absolute atomic E-state index is 13.0. The Hall–Kier alpha value is -1.95. The van der Waals surface area contributed by atoms with Crippen molar-refractivity contribution in [1.29, 1.82) is 0 Å². The molecule has 1 unspecified atom stereocenters. The van der Waals surface area contributed by atoms with Gasteiger partial charge in [-0.05, 0) is 52.7 Å². The normalized spacial score (nSPS) is 11.8. The molecular weight excluding hydrogens is 339 g/mol. The molecule has 1 aromatic carbocycles. The van der Waals surface area contributed by atoms with Crippen molar-refractivity contribution in [1.82, 2.24) is 10.3 Å². The summed E-state index contributed by atoms with van der Waals surface area (Å²) in [6.45, 7) is 1.84. The van der Waals surface area contributed by atoms with E-state index < -0.39 is 11.9 Å². The van der Waals surface area contributed by atoms with Gasteiger partial charge in [0, 0.05) is 0 Å². The highest BCUT2D eigenvalue weighted by molar-refractivity contribution is 9.10. The van der Waals surface area contributed by atoms with Crippen LogP contribution in [0.15, 0.2) is 40.9 Å². The maximum atomic E-state index is 13.0. The van der Waals surface area contributed by atoms with E-state index in [0.717, 1.165) is 10.0 Å².